The zero-order chi connectivity index (χ0) is 15.6. The van der Waals surface area contributed by atoms with Gasteiger partial charge in [-0.25, -0.2) is 4.79 Å². The normalized spacial score (nSPS) is 16.7. The highest BCUT2D eigenvalue weighted by Crippen LogP contribution is 2.30. The Morgan fingerprint density at radius 1 is 1.14 bits per heavy atom. The molecule has 114 valence electrons. The fourth-order valence-electron chi connectivity index (χ4n) is 3.33. The molecule has 1 amide bonds. The van der Waals surface area contributed by atoms with Crippen molar-refractivity contribution in [1.82, 2.24) is 5.32 Å². The third kappa shape index (κ3) is 3.26. The van der Waals surface area contributed by atoms with Crippen LogP contribution in [0.25, 0.3) is 0 Å². The molecule has 2 rings (SSSR count). The fourth-order valence-corrected chi connectivity index (χ4v) is 3.33. The summed E-state index contributed by atoms with van der Waals surface area (Å²) in [5, 5.41) is 12.2. The maximum absolute atomic E-state index is 12.3. The van der Waals surface area contributed by atoms with Crippen LogP contribution in [0.1, 0.15) is 47.9 Å². The number of hydrogen-bond acceptors (Lipinski definition) is 2. The van der Waals surface area contributed by atoms with E-state index in [0.717, 1.165) is 29.5 Å². The van der Waals surface area contributed by atoms with Gasteiger partial charge in [-0.3, -0.25) is 4.79 Å². The summed E-state index contributed by atoms with van der Waals surface area (Å²) in [4.78, 5) is 23.8. The van der Waals surface area contributed by atoms with Crippen LogP contribution in [-0.2, 0) is 16.0 Å². The third-order valence-electron chi connectivity index (χ3n) is 4.42. The summed E-state index contributed by atoms with van der Waals surface area (Å²) >= 11 is 0. The molecule has 0 atom stereocenters. The maximum Gasteiger partial charge on any atom is 0.329 e. The molecule has 1 fully saturated rings. The predicted molar refractivity (Wildman–Crippen MR) is 81.3 cm³/mol. The number of amides is 1. The number of carbonyl (C=O) groups excluding carboxylic acids is 1. The monoisotopic (exact) mass is 289 g/mol. The van der Waals surface area contributed by atoms with Gasteiger partial charge in [-0.05, 0) is 50.3 Å². The molecule has 1 saturated carbocycles. The van der Waals surface area contributed by atoms with E-state index in [-0.39, 0.29) is 12.3 Å². The van der Waals surface area contributed by atoms with Crippen LogP contribution in [0, 0.1) is 20.8 Å². The summed E-state index contributed by atoms with van der Waals surface area (Å²) in [5.74, 6) is -1.11. The van der Waals surface area contributed by atoms with E-state index < -0.39 is 11.5 Å². The Kier molecular flexibility index (Phi) is 4.35. The van der Waals surface area contributed by atoms with E-state index in [1.807, 2.05) is 20.8 Å². The summed E-state index contributed by atoms with van der Waals surface area (Å²) < 4.78 is 0. The first kappa shape index (κ1) is 15.5. The zero-order valence-corrected chi connectivity index (χ0v) is 13.0. The predicted octanol–water partition coefficient (Wildman–Crippen LogP) is 2.67. The second-order valence-corrected chi connectivity index (χ2v) is 6.20. The van der Waals surface area contributed by atoms with Crippen LogP contribution in [0.5, 0.6) is 0 Å². The number of hydrogen-bond donors (Lipinski definition) is 2. The lowest BCUT2D eigenvalue weighted by molar-refractivity contribution is -0.147. The van der Waals surface area contributed by atoms with Gasteiger partial charge >= 0.3 is 5.97 Å². The second kappa shape index (κ2) is 5.88. The lowest BCUT2D eigenvalue weighted by Crippen LogP contribution is -2.53. The molecule has 0 aliphatic heterocycles. The highest BCUT2D eigenvalue weighted by molar-refractivity contribution is 5.88. The van der Waals surface area contributed by atoms with Crippen LogP contribution in [0.3, 0.4) is 0 Å². The van der Waals surface area contributed by atoms with Gasteiger partial charge in [0.05, 0.1) is 6.42 Å². The number of benzene rings is 1. The Bertz CT molecular complexity index is 548. The van der Waals surface area contributed by atoms with Gasteiger partial charge in [0.2, 0.25) is 5.91 Å². The highest BCUT2D eigenvalue weighted by Gasteiger charge is 2.42. The summed E-state index contributed by atoms with van der Waals surface area (Å²) in [6.07, 6.45) is 3.01. The van der Waals surface area contributed by atoms with Crippen LogP contribution in [0.4, 0.5) is 0 Å². The molecule has 1 aromatic rings. The Morgan fingerprint density at radius 2 is 1.67 bits per heavy atom. The van der Waals surface area contributed by atoms with Gasteiger partial charge in [0.15, 0.2) is 0 Å². The van der Waals surface area contributed by atoms with Gasteiger partial charge in [-0.15, -0.1) is 0 Å². The van der Waals surface area contributed by atoms with Gasteiger partial charge in [0.1, 0.15) is 5.54 Å². The topological polar surface area (TPSA) is 66.4 Å². The number of nitrogens with one attached hydrogen (secondary N) is 1. The fraction of sp³-hybridized carbons (Fsp3) is 0.529. The second-order valence-electron chi connectivity index (χ2n) is 6.20. The molecule has 2 N–H and O–H groups in total. The van der Waals surface area contributed by atoms with E-state index >= 15 is 0 Å². The minimum atomic E-state index is -1.05. The average molecular weight is 289 g/mol. The van der Waals surface area contributed by atoms with E-state index in [0.29, 0.717) is 12.8 Å². The minimum Gasteiger partial charge on any atom is -0.480 e. The summed E-state index contributed by atoms with van der Waals surface area (Å²) in [5.41, 5.74) is 3.28. The van der Waals surface area contributed by atoms with Crippen molar-refractivity contribution in [2.24, 2.45) is 0 Å². The molecule has 1 aromatic carbocycles. The van der Waals surface area contributed by atoms with Crippen LogP contribution < -0.4 is 5.32 Å². The molecule has 0 spiro atoms. The van der Waals surface area contributed by atoms with Gasteiger partial charge in [-0.2, -0.15) is 0 Å². The molecular weight excluding hydrogens is 266 g/mol. The van der Waals surface area contributed by atoms with Crippen molar-refractivity contribution < 1.29 is 14.7 Å². The van der Waals surface area contributed by atoms with Crippen molar-refractivity contribution in [3.8, 4) is 0 Å². The molecular formula is C17H23NO3. The summed E-state index contributed by atoms with van der Waals surface area (Å²) in [7, 11) is 0. The lowest BCUT2D eigenvalue weighted by Gasteiger charge is -2.25. The largest absolute Gasteiger partial charge is 0.480 e. The molecule has 21 heavy (non-hydrogen) atoms. The first-order valence-electron chi connectivity index (χ1n) is 7.45. The number of carboxylic acid groups (broad SMARTS) is 1. The minimum absolute atomic E-state index is 0.200. The molecule has 0 heterocycles. The zero-order valence-electron chi connectivity index (χ0n) is 13.0. The lowest BCUT2D eigenvalue weighted by atomic mass is 9.94. The van der Waals surface area contributed by atoms with Crippen molar-refractivity contribution >= 4 is 11.9 Å². The van der Waals surface area contributed by atoms with Crippen LogP contribution in [0.15, 0.2) is 12.1 Å². The van der Waals surface area contributed by atoms with Gasteiger partial charge < -0.3 is 10.4 Å². The summed E-state index contributed by atoms with van der Waals surface area (Å²) in [6, 6.07) is 4.11. The van der Waals surface area contributed by atoms with Crippen molar-refractivity contribution in [3.63, 3.8) is 0 Å². The third-order valence-corrected chi connectivity index (χ3v) is 4.42. The molecule has 1 aliphatic carbocycles. The molecule has 0 bridgehead atoms. The number of aryl methyl sites for hydroxylation is 3. The van der Waals surface area contributed by atoms with Gasteiger partial charge in [-0.1, -0.05) is 30.5 Å². The van der Waals surface area contributed by atoms with Crippen molar-refractivity contribution in [3.05, 3.63) is 34.4 Å². The van der Waals surface area contributed by atoms with Crippen molar-refractivity contribution in [1.29, 1.82) is 0 Å². The Morgan fingerprint density at radius 3 is 2.14 bits per heavy atom. The van der Waals surface area contributed by atoms with Crippen LogP contribution in [0.2, 0.25) is 0 Å². The Labute approximate surface area is 125 Å². The first-order chi connectivity index (χ1) is 9.84. The van der Waals surface area contributed by atoms with Gasteiger partial charge in [0, 0.05) is 0 Å². The van der Waals surface area contributed by atoms with Crippen LogP contribution in [-0.4, -0.2) is 22.5 Å². The van der Waals surface area contributed by atoms with E-state index in [1.54, 1.807) is 0 Å². The molecule has 0 unspecified atom stereocenters. The first-order valence-corrected chi connectivity index (χ1v) is 7.45. The van der Waals surface area contributed by atoms with E-state index in [1.165, 1.54) is 5.56 Å². The Balaban J connectivity index is 2.14. The highest BCUT2D eigenvalue weighted by atomic mass is 16.4. The molecule has 1 aliphatic rings. The Hall–Kier alpha value is -1.84. The smallest absolute Gasteiger partial charge is 0.329 e. The van der Waals surface area contributed by atoms with Crippen LogP contribution >= 0.6 is 0 Å². The quantitative estimate of drug-likeness (QED) is 0.895. The SMILES string of the molecule is Cc1cc(C)c(CC(=O)NC2(C(=O)O)CCCC2)c(C)c1. The number of carbonyl (C=O) groups is 2. The van der Waals surface area contributed by atoms with E-state index in [4.69, 9.17) is 0 Å². The average Bonchev–Trinajstić information content (AvgIpc) is 2.83. The van der Waals surface area contributed by atoms with Crippen molar-refractivity contribution in [2.75, 3.05) is 0 Å². The molecule has 4 heteroatoms. The van der Waals surface area contributed by atoms with Crippen molar-refractivity contribution in [2.45, 2.75) is 58.4 Å². The molecule has 0 aromatic heterocycles. The standard InChI is InChI=1S/C17H23NO3/c1-11-8-12(2)14(13(3)9-11)10-15(19)18-17(16(20)21)6-4-5-7-17/h8-9H,4-7,10H2,1-3H3,(H,18,19)(H,20,21). The van der Waals surface area contributed by atoms with E-state index in [2.05, 4.69) is 17.4 Å². The molecule has 0 radical (unpaired) electrons. The maximum atomic E-state index is 12.3. The molecule has 4 nitrogen and oxygen atoms in total. The summed E-state index contributed by atoms with van der Waals surface area (Å²) in [6.45, 7) is 6.01. The van der Waals surface area contributed by atoms with Gasteiger partial charge in [0.25, 0.3) is 0 Å². The number of rotatable bonds is 4. The number of carboxylic acids is 1. The van der Waals surface area contributed by atoms with E-state index in [9.17, 15) is 14.7 Å². The molecule has 0 saturated heterocycles. The number of aliphatic carboxylic acids is 1.